The lowest BCUT2D eigenvalue weighted by Crippen LogP contribution is -2.64. The van der Waals surface area contributed by atoms with Crippen molar-refractivity contribution in [2.75, 3.05) is 55.6 Å². The molecular weight excluding hydrogens is 727 g/mol. The van der Waals surface area contributed by atoms with Crippen LogP contribution in [0.1, 0.15) is 18.7 Å². The minimum Gasteiger partial charge on any atom is -0.378 e. The number of carbonyl (C=O) groups is 1. The van der Waals surface area contributed by atoms with Gasteiger partial charge in [0.1, 0.15) is 40.8 Å². The van der Waals surface area contributed by atoms with E-state index < -0.39 is 29.6 Å². The third kappa shape index (κ3) is 5.62. The lowest BCUT2D eigenvalue weighted by Gasteiger charge is -2.52. The summed E-state index contributed by atoms with van der Waals surface area (Å²) in [6.07, 6.45) is 2.44. The standard InChI is InChI=1S/C39H38F3N11O3/c1-20-44-31-11-22(41)9-27-30-5-4-6-34(46-30)45-23-12-33(38(54)49(2)16-26(55-3)17-50(20)35(27)31)51(15-23)36-28-14-43-53(32-8-7-21(40)10-29(32)42)37(28)48-39(47-36)52-24-13-25(52)19-56-18-24/h4-11,14,23-26,33H,12-13,15-19H2,1-3H3,(H,45,46)/t23-,24?,25?,26-,33-/m0/s1. The van der Waals surface area contributed by atoms with Crippen LogP contribution in [-0.4, -0.2) is 116 Å². The summed E-state index contributed by atoms with van der Waals surface area (Å²) in [4.78, 5) is 40.2. The van der Waals surface area contributed by atoms with E-state index in [1.165, 1.54) is 28.9 Å². The summed E-state index contributed by atoms with van der Waals surface area (Å²) < 4.78 is 59.5. The molecule has 4 aromatic heterocycles. The second-order valence-corrected chi connectivity index (χ2v) is 15.0. The summed E-state index contributed by atoms with van der Waals surface area (Å²) in [7, 11) is 3.36. The van der Waals surface area contributed by atoms with Gasteiger partial charge in [0.05, 0.1) is 66.3 Å². The van der Waals surface area contributed by atoms with E-state index in [-0.39, 0.29) is 36.3 Å². The van der Waals surface area contributed by atoms with Gasteiger partial charge in [-0.25, -0.2) is 27.8 Å². The van der Waals surface area contributed by atoms with E-state index in [1.54, 1.807) is 25.3 Å². The second-order valence-electron chi connectivity index (χ2n) is 15.0. The molecule has 4 aliphatic rings. The van der Waals surface area contributed by atoms with Crippen molar-refractivity contribution in [1.29, 1.82) is 0 Å². The van der Waals surface area contributed by atoms with Crippen molar-refractivity contribution in [3.8, 4) is 16.9 Å². The number of carbonyl (C=O) groups excluding carboxylic acids is 1. The van der Waals surface area contributed by atoms with Gasteiger partial charge in [-0.1, -0.05) is 6.07 Å². The van der Waals surface area contributed by atoms with Crippen LogP contribution in [0, 0.1) is 24.4 Å². The van der Waals surface area contributed by atoms with Gasteiger partial charge in [-0.05, 0) is 50.1 Å². The number of nitrogens with one attached hydrogen (secondary N) is 1. The normalized spacial score (nSPS) is 23.6. The number of benzene rings is 2. The molecule has 0 saturated carbocycles. The fourth-order valence-electron chi connectivity index (χ4n) is 8.82. The molecule has 1 amide bonds. The highest BCUT2D eigenvalue weighted by atomic mass is 19.1. The van der Waals surface area contributed by atoms with Gasteiger partial charge in [-0.3, -0.25) is 4.79 Å². The number of nitrogens with zero attached hydrogens (tertiary/aromatic N) is 10. The maximum Gasteiger partial charge on any atom is 0.245 e. The Morgan fingerprint density at radius 1 is 0.929 bits per heavy atom. The number of hydrogen-bond acceptors (Lipinski definition) is 11. The molecule has 6 aromatic rings. The number of rotatable bonds is 4. The number of anilines is 3. The molecular formula is C39H38F3N11O3. The van der Waals surface area contributed by atoms with Gasteiger partial charge in [-0.15, -0.1) is 0 Å². The Hall–Kier alpha value is -5.81. The molecule has 6 bridgehead atoms. The number of halogens is 3. The molecule has 14 nitrogen and oxygen atoms in total. The summed E-state index contributed by atoms with van der Waals surface area (Å²) in [5, 5.41) is 8.59. The highest BCUT2D eigenvalue weighted by Crippen LogP contribution is 2.40. The van der Waals surface area contributed by atoms with Crippen LogP contribution in [0.25, 0.3) is 39.0 Å². The largest absolute Gasteiger partial charge is 0.378 e. The lowest BCUT2D eigenvalue weighted by molar-refractivity contribution is -0.132. The van der Waals surface area contributed by atoms with Crippen LogP contribution >= 0.6 is 0 Å². The molecule has 2 unspecified atom stereocenters. The van der Waals surface area contributed by atoms with E-state index in [1.807, 2.05) is 34.6 Å². The topological polar surface area (TPSA) is 132 Å². The molecule has 0 spiro atoms. The molecule has 56 heavy (non-hydrogen) atoms. The predicted molar refractivity (Wildman–Crippen MR) is 201 cm³/mol. The first-order valence-electron chi connectivity index (χ1n) is 18.7. The van der Waals surface area contributed by atoms with Crippen LogP contribution in [0.3, 0.4) is 0 Å². The molecule has 4 aliphatic heterocycles. The van der Waals surface area contributed by atoms with E-state index in [2.05, 4.69) is 20.3 Å². The van der Waals surface area contributed by atoms with Gasteiger partial charge in [-0.2, -0.15) is 15.1 Å². The van der Waals surface area contributed by atoms with Crippen molar-refractivity contribution >= 4 is 45.6 Å². The number of ether oxygens (including phenoxy) is 2. The van der Waals surface area contributed by atoms with Crippen molar-refractivity contribution < 1.29 is 27.4 Å². The maximum atomic E-state index is 15.3. The quantitative estimate of drug-likeness (QED) is 0.273. The van der Waals surface area contributed by atoms with Crippen molar-refractivity contribution in [2.24, 2.45) is 0 Å². The number of pyridine rings is 1. The van der Waals surface area contributed by atoms with E-state index in [9.17, 15) is 9.18 Å². The predicted octanol–water partition coefficient (Wildman–Crippen LogP) is 4.48. The Labute approximate surface area is 318 Å². The molecule has 5 atom stereocenters. The first-order chi connectivity index (χ1) is 27.1. The number of imidazole rings is 1. The van der Waals surface area contributed by atoms with Crippen LogP contribution in [0.4, 0.5) is 30.8 Å². The van der Waals surface area contributed by atoms with Gasteiger partial charge in [0.15, 0.2) is 11.5 Å². The van der Waals surface area contributed by atoms with Crippen LogP contribution in [-0.2, 0) is 20.8 Å². The first kappa shape index (κ1) is 34.7. The van der Waals surface area contributed by atoms with Crippen molar-refractivity contribution in [3.63, 3.8) is 0 Å². The smallest absolute Gasteiger partial charge is 0.245 e. The zero-order chi connectivity index (χ0) is 38.4. The highest BCUT2D eigenvalue weighted by molar-refractivity contribution is 5.94. The Kier molecular flexibility index (Phi) is 8.14. The number of fused-ring (bicyclic) bond motifs is 8. The van der Waals surface area contributed by atoms with E-state index in [0.717, 1.165) is 18.0 Å². The molecule has 0 aliphatic carbocycles. The summed E-state index contributed by atoms with van der Waals surface area (Å²) in [6, 6.07) is 10.9. The Balaban J connectivity index is 1.10. The van der Waals surface area contributed by atoms with E-state index in [4.69, 9.17) is 24.4 Å². The Bertz CT molecular complexity index is 2530. The maximum absolute atomic E-state index is 15.3. The van der Waals surface area contributed by atoms with Gasteiger partial charge < -0.3 is 34.1 Å². The average molecular weight is 766 g/mol. The zero-order valence-corrected chi connectivity index (χ0v) is 30.9. The summed E-state index contributed by atoms with van der Waals surface area (Å²) in [5.41, 5.74) is 2.75. The number of aryl methyl sites for hydroxylation is 1. The monoisotopic (exact) mass is 765 g/mol. The van der Waals surface area contributed by atoms with E-state index in [0.29, 0.717) is 83.9 Å². The van der Waals surface area contributed by atoms with Crippen LogP contribution < -0.4 is 15.1 Å². The molecule has 3 fully saturated rings. The molecule has 288 valence electrons. The fraction of sp³-hybridized carbons (Fsp3) is 0.385. The van der Waals surface area contributed by atoms with Crippen LogP contribution in [0.15, 0.2) is 54.7 Å². The molecule has 8 heterocycles. The number of methoxy groups -OCH3 is 1. The number of morpholine rings is 1. The first-order valence-corrected chi connectivity index (χ1v) is 18.7. The van der Waals surface area contributed by atoms with Gasteiger partial charge in [0.25, 0.3) is 0 Å². The summed E-state index contributed by atoms with van der Waals surface area (Å²) in [6.45, 7) is 3.86. The highest BCUT2D eigenvalue weighted by Gasteiger charge is 2.46. The van der Waals surface area contributed by atoms with Crippen LogP contribution in [0.2, 0.25) is 0 Å². The van der Waals surface area contributed by atoms with Gasteiger partial charge in [0, 0.05) is 51.0 Å². The molecule has 10 rings (SSSR count). The van der Waals surface area contributed by atoms with Crippen LogP contribution in [0.5, 0.6) is 0 Å². The summed E-state index contributed by atoms with van der Waals surface area (Å²) in [5.74, 6) is 0.0395. The van der Waals surface area contributed by atoms with Gasteiger partial charge in [0.2, 0.25) is 11.9 Å². The molecule has 0 radical (unpaired) electrons. The second kappa shape index (κ2) is 13.2. The van der Waals surface area contributed by atoms with Crippen molar-refractivity contribution in [3.05, 3.63) is 78.0 Å². The lowest BCUT2D eigenvalue weighted by atomic mass is 9.92. The minimum absolute atomic E-state index is 0.0299. The molecule has 1 N–H and O–H groups in total. The molecule has 3 saturated heterocycles. The summed E-state index contributed by atoms with van der Waals surface area (Å²) >= 11 is 0. The number of hydrogen-bond donors (Lipinski definition) is 1. The molecule has 2 aromatic carbocycles. The van der Waals surface area contributed by atoms with Crippen molar-refractivity contribution in [2.45, 2.75) is 56.6 Å². The molecule has 17 heteroatoms. The third-order valence-electron chi connectivity index (χ3n) is 11.5. The fourth-order valence-corrected chi connectivity index (χ4v) is 8.82. The van der Waals surface area contributed by atoms with Gasteiger partial charge >= 0.3 is 0 Å². The Morgan fingerprint density at radius 2 is 1.77 bits per heavy atom. The average Bonchev–Trinajstić information content (AvgIpc) is 3.88. The number of amides is 1. The van der Waals surface area contributed by atoms with E-state index >= 15 is 8.78 Å². The third-order valence-corrected chi connectivity index (χ3v) is 11.5. The van der Waals surface area contributed by atoms with Crippen molar-refractivity contribution in [1.82, 2.24) is 39.2 Å². The zero-order valence-electron chi connectivity index (χ0n) is 30.9. The Morgan fingerprint density at radius 3 is 2.55 bits per heavy atom. The minimum atomic E-state index is -0.793. The number of aromatic nitrogens is 7. The SMILES string of the molecule is CO[C@H]1CN(C)C(=O)[C@@H]2C[C@@H](CN2c2nc(N3C4COCC3C4)nc3c2cnn3-c2ccc(F)cc2F)Nc2cccc(n2)-c2cc(F)cc3nc(C)n(c23)C1. The number of likely N-dealkylation sites (N-methyl/N-ethyl adjacent to an activating group) is 1.